The van der Waals surface area contributed by atoms with E-state index in [1.54, 1.807) is 25.1 Å². The van der Waals surface area contributed by atoms with E-state index in [4.69, 9.17) is 9.47 Å². The number of ether oxygens (including phenoxy) is 2. The van der Waals surface area contributed by atoms with Gasteiger partial charge in [-0.1, -0.05) is 25.5 Å². The smallest absolute Gasteiger partial charge is 0.223 e. The normalized spacial score (nSPS) is 14.1. The first-order chi connectivity index (χ1) is 17.9. The zero-order valence-corrected chi connectivity index (χ0v) is 23.0. The highest BCUT2D eigenvalue weighted by Crippen LogP contribution is 2.25. The van der Waals surface area contributed by atoms with E-state index < -0.39 is 0 Å². The lowest BCUT2D eigenvalue weighted by atomic mass is 10.1. The van der Waals surface area contributed by atoms with Crippen molar-refractivity contribution in [2.75, 3.05) is 74.8 Å². The summed E-state index contributed by atoms with van der Waals surface area (Å²) in [6.07, 6.45) is 3.83. The van der Waals surface area contributed by atoms with Crippen molar-refractivity contribution in [1.29, 1.82) is 0 Å². The predicted molar refractivity (Wildman–Crippen MR) is 151 cm³/mol. The number of hydrogen-bond acceptors (Lipinski definition) is 8. The SMILES string of the molecule is CCCN(CCC)c1cc(N/N=C/c2cc(C)ccc2N(C)C(C)=O)nc(OCCN2CCOCC2)c1. The highest BCUT2D eigenvalue weighted by Gasteiger charge is 2.13. The molecule has 1 aliphatic rings. The Balaban J connectivity index is 1.79. The lowest BCUT2D eigenvalue weighted by Gasteiger charge is -2.27. The molecule has 1 aliphatic heterocycles. The summed E-state index contributed by atoms with van der Waals surface area (Å²) in [7, 11) is 1.76. The van der Waals surface area contributed by atoms with Crippen molar-refractivity contribution < 1.29 is 14.3 Å². The maximum atomic E-state index is 11.9. The minimum atomic E-state index is -0.0355. The molecule has 3 rings (SSSR count). The third-order valence-electron chi connectivity index (χ3n) is 6.30. The largest absolute Gasteiger partial charge is 0.476 e. The van der Waals surface area contributed by atoms with Crippen molar-refractivity contribution in [3.05, 3.63) is 41.5 Å². The van der Waals surface area contributed by atoms with E-state index >= 15 is 0 Å². The number of hydrogen-bond donors (Lipinski definition) is 1. The van der Waals surface area contributed by atoms with Crippen LogP contribution < -0.4 is 20.0 Å². The monoisotopic (exact) mass is 510 g/mol. The van der Waals surface area contributed by atoms with E-state index in [2.05, 4.69) is 39.2 Å². The molecule has 1 aromatic carbocycles. The van der Waals surface area contributed by atoms with Gasteiger partial charge in [-0.25, -0.2) is 0 Å². The van der Waals surface area contributed by atoms with E-state index in [0.717, 1.165) is 81.3 Å². The second-order valence-electron chi connectivity index (χ2n) is 9.35. The molecule has 0 atom stereocenters. The van der Waals surface area contributed by atoms with Crippen LogP contribution in [0.25, 0.3) is 0 Å². The quantitative estimate of drug-likeness (QED) is 0.320. The summed E-state index contributed by atoms with van der Waals surface area (Å²) in [6, 6.07) is 9.95. The molecular weight excluding hydrogens is 468 g/mol. The topological polar surface area (TPSA) is 82.5 Å². The van der Waals surface area contributed by atoms with Crippen LogP contribution in [0.15, 0.2) is 35.4 Å². The molecule has 0 saturated carbocycles. The van der Waals surface area contributed by atoms with Crippen LogP contribution in [-0.2, 0) is 9.53 Å². The van der Waals surface area contributed by atoms with Gasteiger partial charge in [-0.2, -0.15) is 10.1 Å². The average Bonchev–Trinajstić information content (AvgIpc) is 2.89. The van der Waals surface area contributed by atoms with E-state index in [9.17, 15) is 4.79 Å². The zero-order chi connectivity index (χ0) is 26.6. The number of aromatic nitrogens is 1. The number of morpholine rings is 1. The highest BCUT2D eigenvalue weighted by atomic mass is 16.5. The third kappa shape index (κ3) is 8.72. The fourth-order valence-electron chi connectivity index (χ4n) is 4.24. The van der Waals surface area contributed by atoms with Crippen molar-refractivity contribution in [3.8, 4) is 5.88 Å². The molecule has 0 aliphatic carbocycles. The number of nitrogens with one attached hydrogen (secondary N) is 1. The number of pyridine rings is 1. The molecule has 0 bridgehead atoms. The molecule has 1 fully saturated rings. The summed E-state index contributed by atoms with van der Waals surface area (Å²) in [6.45, 7) is 14.6. The number of carbonyl (C=O) groups excluding carboxylic acids is 1. The fraction of sp³-hybridized carbons (Fsp3) is 0.536. The van der Waals surface area contributed by atoms with Gasteiger partial charge in [0.05, 0.1) is 25.1 Å². The zero-order valence-electron chi connectivity index (χ0n) is 23.0. The minimum absolute atomic E-state index is 0.0355. The number of nitrogens with zero attached hydrogens (tertiary/aromatic N) is 5. The Morgan fingerprint density at radius 3 is 2.59 bits per heavy atom. The summed E-state index contributed by atoms with van der Waals surface area (Å²) >= 11 is 0. The Labute approximate surface area is 221 Å². The van der Waals surface area contributed by atoms with Gasteiger partial charge in [0, 0.05) is 70.1 Å². The van der Waals surface area contributed by atoms with Gasteiger partial charge in [0.15, 0.2) is 5.82 Å². The van der Waals surface area contributed by atoms with E-state index in [-0.39, 0.29) is 5.91 Å². The Hall–Kier alpha value is -3.17. The summed E-state index contributed by atoms with van der Waals surface area (Å²) < 4.78 is 11.5. The Bertz CT molecular complexity index is 1030. The highest BCUT2D eigenvalue weighted by molar-refractivity contribution is 5.98. The number of rotatable bonds is 13. The van der Waals surface area contributed by atoms with Crippen molar-refractivity contribution >= 4 is 29.3 Å². The van der Waals surface area contributed by atoms with Crippen molar-refractivity contribution in [3.63, 3.8) is 0 Å². The van der Waals surface area contributed by atoms with Crippen molar-refractivity contribution in [1.82, 2.24) is 9.88 Å². The number of aryl methyl sites for hydroxylation is 1. The van der Waals surface area contributed by atoms with E-state index in [1.165, 1.54) is 0 Å². The number of hydrazone groups is 1. The predicted octanol–water partition coefficient (Wildman–Crippen LogP) is 4.16. The molecule has 37 heavy (non-hydrogen) atoms. The lowest BCUT2D eigenvalue weighted by Crippen LogP contribution is -2.38. The molecule has 9 nitrogen and oxygen atoms in total. The van der Waals surface area contributed by atoms with Gasteiger partial charge in [-0.05, 0) is 31.9 Å². The number of anilines is 3. The van der Waals surface area contributed by atoms with Crippen LogP contribution in [0.2, 0.25) is 0 Å². The first kappa shape index (κ1) is 28.4. The van der Waals surface area contributed by atoms with Crippen LogP contribution >= 0.6 is 0 Å². The molecule has 0 radical (unpaired) electrons. The van der Waals surface area contributed by atoms with Crippen LogP contribution in [0.5, 0.6) is 5.88 Å². The third-order valence-corrected chi connectivity index (χ3v) is 6.30. The van der Waals surface area contributed by atoms with Crippen LogP contribution in [0.4, 0.5) is 17.2 Å². The van der Waals surface area contributed by atoms with Crippen LogP contribution in [0.1, 0.15) is 44.7 Å². The van der Waals surface area contributed by atoms with Crippen molar-refractivity contribution in [2.24, 2.45) is 5.10 Å². The van der Waals surface area contributed by atoms with E-state index in [0.29, 0.717) is 18.3 Å². The Morgan fingerprint density at radius 1 is 1.19 bits per heavy atom. The molecular formula is C28H42N6O3. The van der Waals surface area contributed by atoms with E-state index in [1.807, 2.05) is 37.3 Å². The molecule has 0 spiro atoms. The average molecular weight is 511 g/mol. The molecule has 1 N–H and O–H groups in total. The Morgan fingerprint density at radius 2 is 1.92 bits per heavy atom. The first-order valence-corrected chi connectivity index (χ1v) is 13.2. The second-order valence-corrected chi connectivity index (χ2v) is 9.35. The lowest BCUT2D eigenvalue weighted by molar-refractivity contribution is -0.116. The van der Waals surface area contributed by atoms with Gasteiger partial charge < -0.3 is 19.3 Å². The van der Waals surface area contributed by atoms with Gasteiger partial charge in [-0.15, -0.1) is 0 Å². The second kappa shape index (κ2) is 14.5. The maximum Gasteiger partial charge on any atom is 0.223 e. The number of amides is 1. The van der Waals surface area contributed by atoms with Gasteiger partial charge >= 0.3 is 0 Å². The molecule has 202 valence electrons. The van der Waals surface area contributed by atoms with Crippen LogP contribution in [0, 0.1) is 6.92 Å². The summed E-state index contributed by atoms with van der Waals surface area (Å²) in [4.78, 5) is 22.9. The fourth-order valence-corrected chi connectivity index (χ4v) is 4.24. The van der Waals surface area contributed by atoms with Crippen molar-refractivity contribution in [2.45, 2.75) is 40.5 Å². The van der Waals surface area contributed by atoms with Gasteiger partial charge in [0.25, 0.3) is 0 Å². The molecule has 1 amide bonds. The number of carbonyl (C=O) groups is 1. The molecule has 0 unspecified atom stereocenters. The van der Waals surface area contributed by atoms with Gasteiger partial charge in [0.1, 0.15) is 6.61 Å². The standard InChI is InChI=1S/C28H42N6O3/c1-6-10-34(11-7-2)25-19-27(30-28(20-25)37-17-14-33-12-15-36-16-13-33)31-29-21-24-18-22(3)8-9-26(24)32(5)23(4)35/h8-9,18-21H,6-7,10-17H2,1-5H3,(H,30,31)/b29-21+. The minimum Gasteiger partial charge on any atom is -0.476 e. The first-order valence-electron chi connectivity index (χ1n) is 13.2. The van der Waals surface area contributed by atoms with Crippen LogP contribution in [-0.4, -0.2) is 81.6 Å². The summed E-state index contributed by atoms with van der Waals surface area (Å²) in [5.41, 5.74) is 6.89. The molecule has 2 heterocycles. The summed E-state index contributed by atoms with van der Waals surface area (Å²) in [5.74, 6) is 1.15. The van der Waals surface area contributed by atoms with Gasteiger partial charge in [0.2, 0.25) is 11.8 Å². The van der Waals surface area contributed by atoms with Crippen LogP contribution in [0.3, 0.4) is 0 Å². The molecule has 2 aromatic rings. The summed E-state index contributed by atoms with van der Waals surface area (Å²) in [5, 5.41) is 4.47. The molecule has 9 heteroatoms. The number of benzene rings is 1. The molecule has 1 aromatic heterocycles. The van der Waals surface area contributed by atoms with Gasteiger partial charge in [-0.3, -0.25) is 15.1 Å². The molecule has 1 saturated heterocycles. The Kier molecular flexibility index (Phi) is 11.2. The maximum absolute atomic E-state index is 11.9.